The molecular weight excluding hydrogens is 340 g/mol. The van der Waals surface area contributed by atoms with Crippen molar-refractivity contribution in [3.8, 4) is 5.75 Å². The molecule has 24 heavy (non-hydrogen) atoms. The van der Waals surface area contributed by atoms with E-state index in [1.165, 1.54) is 0 Å². The zero-order valence-corrected chi connectivity index (χ0v) is 14.1. The fourth-order valence-electron chi connectivity index (χ4n) is 3.21. The molecule has 132 valence electrons. The van der Waals surface area contributed by atoms with Crippen LogP contribution in [0.3, 0.4) is 0 Å². The van der Waals surface area contributed by atoms with Crippen LogP contribution in [0.5, 0.6) is 5.75 Å². The zero-order chi connectivity index (χ0) is 17.3. The molecule has 2 fully saturated rings. The molecule has 5 nitrogen and oxygen atoms in total. The van der Waals surface area contributed by atoms with Crippen molar-refractivity contribution in [3.05, 3.63) is 23.2 Å². The van der Waals surface area contributed by atoms with Crippen LogP contribution in [0.2, 0.25) is 5.02 Å². The lowest BCUT2D eigenvalue weighted by Crippen LogP contribution is -2.46. The van der Waals surface area contributed by atoms with Crippen LogP contribution in [0, 0.1) is 0 Å². The summed E-state index contributed by atoms with van der Waals surface area (Å²) in [4.78, 5) is 14.2. The van der Waals surface area contributed by atoms with Gasteiger partial charge in [-0.25, -0.2) is 8.78 Å². The number of nitrogens with zero attached hydrogens (tertiary/aromatic N) is 1. The number of ether oxygens (including phenoxy) is 1. The number of rotatable bonds is 4. The highest BCUT2D eigenvalue weighted by atomic mass is 35.5. The van der Waals surface area contributed by atoms with Gasteiger partial charge in [0.25, 0.3) is 5.92 Å². The molecule has 2 aliphatic rings. The molecular formula is C16H20ClF2N3O2. The average Bonchev–Trinajstić information content (AvgIpc) is 3.13. The minimum atomic E-state index is -2.81. The number of carbonyl (C=O) groups excluding carboxylic acids is 1. The van der Waals surface area contributed by atoms with Gasteiger partial charge in [0.1, 0.15) is 5.75 Å². The van der Waals surface area contributed by atoms with Crippen LogP contribution in [0.15, 0.2) is 18.2 Å². The fourth-order valence-corrected chi connectivity index (χ4v) is 3.38. The van der Waals surface area contributed by atoms with Crippen LogP contribution in [0.1, 0.15) is 12.8 Å². The monoisotopic (exact) mass is 359 g/mol. The first-order valence-corrected chi connectivity index (χ1v) is 8.26. The molecule has 2 heterocycles. The normalized spacial score (nSPS) is 25.8. The Balaban J connectivity index is 1.60. The molecule has 2 aliphatic heterocycles. The first kappa shape index (κ1) is 17.2. The summed E-state index contributed by atoms with van der Waals surface area (Å²) in [5.74, 6) is -2.46. The van der Waals surface area contributed by atoms with E-state index in [1.807, 2.05) is 6.07 Å². The van der Waals surface area contributed by atoms with Crippen molar-refractivity contribution in [3.63, 3.8) is 0 Å². The molecule has 0 aliphatic carbocycles. The largest absolute Gasteiger partial charge is 0.495 e. The molecule has 8 heteroatoms. The second-order valence-electron chi connectivity index (χ2n) is 6.25. The van der Waals surface area contributed by atoms with Gasteiger partial charge in [0, 0.05) is 30.6 Å². The van der Waals surface area contributed by atoms with E-state index in [0.717, 1.165) is 18.7 Å². The molecule has 3 rings (SSSR count). The number of methoxy groups -OCH3 is 1. The second-order valence-corrected chi connectivity index (χ2v) is 6.69. The first-order chi connectivity index (χ1) is 11.4. The average molecular weight is 360 g/mol. The van der Waals surface area contributed by atoms with Crippen LogP contribution in [0.4, 0.5) is 14.5 Å². The third-order valence-electron chi connectivity index (χ3n) is 4.44. The summed E-state index contributed by atoms with van der Waals surface area (Å²) in [6, 6.07) is 4.47. The molecule has 0 bridgehead atoms. The van der Waals surface area contributed by atoms with Crippen molar-refractivity contribution in [2.45, 2.75) is 30.8 Å². The first-order valence-electron chi connectivity index (χ1n) is 7.88. The van der Waals surface area contributed by atoms with Crippen molar-refractivity contribution in [1.82, 2.24) is 10.6 Å². The summed E-state index contributed by atoms with van der Waals surface area (Å²) in [6.45, 7) is 0.878. The Bertz CT molecular complexity index is 629. The highest BCUT2D eigenvalue weighted by molar-refractivity contribution is 6.30. The van der Waals surface area contributed by atoms with E-state index in [-0.39, 0.29) is 11.9 Å². The lowest BCUT2D eigenvalue weighted by Gasteiger charge is -2.22. The van der Waals surface area contributed by atoms with Crippen molar-refractivity contribution < 1.29 is 18.3 Å². The van der Waals surface area contributed by atoms with E-state index in [9.17, 15) is 13.6 Å². The van der Waals surface area contributed by atoms with Gasteiger partial charge in [0.05, 0.1) is 25.4 Å². The van der Waals surface area contributed by atoms with Crippen LogP contribution in [-0.4, -0.2) is 50.7 Å². The van der Waals surface area contributed by atoms with Gasteiger partial charge in [-0.1, -0.05) is 11.6 Å². The minimum Gasteiger partial charge on any atom is -0.495 e. The molecule has 0 radical (unpaired) electrons. The van der Waals surface area contributed by atoms with Gasteiger partial charge in [-0.3, -0.25) is 10.1 Å². The van der Waals surface area contributed by atoms with Crippen LogP contribution in [0.25, 0.3) is 0 Å². The third kappa shape index (κ3) is 3.72. The Morgan fingerprint density at radius 1 is 1.50 bits per heavy atom. The molecule has 2 unspecified atom stereocenters. The number of hydrogen-bond acceptors (Lipinski definition) is 4. The lowest BCUT2D eigenvalue weighted by atomic mass is 10.1. The van der Waals surface area contributed by atoms with Gasteiger partial charge in [0.2, 0.25) is 5.91 Å². The van der Waals surface area contributed by atoms with Crippen molar-refractivity contribution in [1.29, 1.82) is 0 Å². The van der Waals surface area contributed by atoms with Crippen LogP contribution in [-0.2, 0) is 4.79 Å². The topological polar surface area (TPSA) is 53.6 Å². The summed E-state index contributed by atoms with van der Waals surface area (Å²) in [5.41, 5.74) is 0.868. The van der Waals surface area contributed by atoms with Gasteiger partial charge >= 0.3 is 0 Å². The maximum absolute atomic E-state index is 13.2. The Morgan fingerprint density at radius 3 is 2.96 bits per heavy atom. The minimum absolute atomic E-state index is 0.0859. The highest BCUT2D eigenvalue weighted by Crippen LogP contribution is 2.33. The van der Waals surface area contributed by atoms with Crippen molar-refractivity contribution in [2.24, 2.45) is 0 Å². The number of anilines is 1. The SMILES string of the molecule is COc1ccc(Cl)cc1N1CCC(NC(=O)C2CC(F)(F)CN2)C1. The quantitative estimate of drug-likeness (QED) is 0.864. The number of carbonyl (C=O) groups is 1. The smallest absolute Gasteiger partial charge is 0.262 e. The lowest BCUT2D eigenvalue weighted by molar-refractivity contribution is -0.124. The molecule has 0 spiro atoms. The van der Waals surface area contributed by atoms with Gasteiger partial charge in [-0.2, -0.15) is 0 Å². The summed E-state index contributed by atoms with van der Waals surface area (Å²) < 4.78 is 31.7. The van der Waals surface area contributed by atoms with Gasteiger partial charge < -0.3 is 15.0 Å². The Hall–Kier alpha value is -1.60. The number of nitrogens with one attached hydrogen (secondary N) is 2. The Labute approximate surface area is 144 Å². The van der Waals surface area contributed by atoms with E-state index in [4.69, 9.17) is 16.3 Å². The van der Waals surface area contributed by atoms with Gasteiger partial charge in [-0.15, -0.1) is 0 Å². The van der Waals surface area contributed by atoms with E-state index < -0.39 is 24.9 Å². The number of hydrogen-bond donors (Lipinski definition) is 2. The van der Waals surface area contributed by atoms with Crippen molar-refractivity contribution in [2.75, 3.05) is 31.6 Å². The van der Waals surface area contributed by atoms with Gasteiger partial charge in [-0.05, 0) is 24.6 Å². The number of alkyl halides is 2. The molecule has 0 aromatic heterocycles. The molecule has 2 saturated heterocycles. The molecule has 1 aromatic rings. The predicted molar refractivity (Wildman–Crippen MR) is 88.1 cm³/mol. The third-order valence-corrected chi connectivity index (χ3v) is 4.68. The number of amides is 1. The number of halogens is 3. The fraction of sp³-hybridized carbons (Fsp3) is 0.562. The highest BCUT2D eigenvalue weighted by Gasteiger charge is 2.42. The molecule has 0 saturated carbocycles. The van der Waals surface area contributed by atoms with E-state index in [1.54, 1.807) is 19.2 Å². The van der Waals surface area contributed by atoms with Crippen LogP contribution < -0.4 is 20.3 Å². The Kier molecular flexibility index (Phi) is 4.83. The standard InChI is InChI=1S/C16H20ClF2N3O2/c1-24-14-3-2-10(17)6-13(14)22-5-4-11(8-22)21-15(23)12-7-16(18,19)9-20-12/h2-3,6,11-12,20H,4-5,7-9H2,1H3,(H,21,23). The van der Waals surface area contributed by atoms with Gasteiger partial charge in [0.15, 0.2) is 0 Å². The predicted octanol–water partition coefficient (Wildman–Crippen LogP) is 2.04. The van der Waals surface area contributed by atoms with E-state index in [0.29, 0.717) is 17.3 Å². The van der Waals surface area contributed by atoms with E-state index in [2.05, 4.69) is 15.5 Å². The van der Waals surface area contributed by atoms with E-state index >= 15 is 0 Å². The zero-order valence-electron chi connectivity index (χ0n) is 13.3. The number of benzene rings is 1. The summed E-state index contributed by atoms with van der Waals surface area (Å²) >= 11 is 6.05. The second kappa shape index (κ2) is 6.72. The molecule has 2 atom stereocenters. The summed E-state index contributed by atoms with van der Waals surface area (Å²) in [5, 5.41) is 6.04. The molecule has 2 N–H and O–H groups in total. The van der Waals surface area contributed by atoms with Crippen molar-refractivity contribution >= 4 is 23.2 Å². The summed E-state index contributed by atoms with van der Waals surface area (Å²) in [6.07, 6.45) is 0.294. The molecule has 1 amide bonds. The molecule has 1 aromatic carbocycles. The summed E-state index contributed by atoms with van der Waals surface area (Å²) in [7, 11) is 1.59. The Morgan fingerprint density at radius 2 is 2.29 bits per heavy atom. The van der Waals surface area contributed by atoms with Crippen LogP contribution >= 0.6 is 11.6 Å². The maximum Gasteiger partial charge on any atom is 0.262 e. The maximum atomic E-state index is 13.2.